The summed E-state index contributed by atoms with van der Waals surface area (Å²) in [4.78, 5) is 7.94. The van der Waals surface area contributed by atoms with Gasteiger partial charge in [0.15, 0.2) is 0 Å². The van der Waals surface area contributed by atoms with Gasteiger partial charge in [0.2, 0.25) is 0 Å². The average Bonchev–Trinajstić information content (AvgIpc) is 2.76. The average molecular weight is 211 g/mol. The molecule has 1 aromatic rings. The molecule has 1 aromatic heterocycles. The zero-order valence-corrected chi connectivity index (χ0v) is 9.33. The molecule has 0 bridgehead atoms. The van der Waals surface area contributed by atoms with Gasteiger partial charge in [0.25, 0.3) is 0 Å². The summed E-state index contributed by atoms with van der Waals surface area (Å²) >= 11 is 1.72. The Morgan fingerprint density at radius 1 is 1.71 bits per heavy atom. The van der Waals surface area contributed by atoms with Crippen molar-refractivity contribution in [3.05, 3.63) is 16.6 Å². The van der Waals surface area contributed by atoms with Crippen molar-refractivity contribution in [3.8, 4) is 0 Å². The minimum absolute atomic E-state index is 0.294. The minimum atomic E-state index is 0.294. The number of aromatic nitrogens is 1. The molecule has 14 heavy (non-hydrogen) atoms. The molecule has 0 aromatic carbocycles. The highest BCUT2D eigenvalue weighted by Crippen LogP contribution is 2.32. The van der Waals surface area contributed by atoms with Gasteiger partial charge in [-0.2, -0.15) is 0 Å². The van der Waals surface area contributed by atoms with Crippen molar-refractivity contribution in [2.75, 3.05) is 13.1 Å². The summed E-state index contributed by atoms with van der Waals surface area (Å²) in [6.07, 6.45) is 4.27. The second kappa shape index (κ2) is 4.38. The summed E-state index contributed by atoms with van der Waals surface area (Å²) in [5.41, 5.74) is 8.02. The molecule has 0 unspecified atom stereocenters. The zero-order valence-electron chi connectivity index (χ0n) is 8.52. The molecule has 0 saturated carbocycles. The van der Waals surface area contributed by atoms with Crippen LogP contribution in [-0.2, 0) is 0 Å². The molecule has 2 heterocycles. The van der Waals surface area contributed by atoms with Crippen molar-refractivity contribution in [2.24, 2.45) is 5.73 Å². The SMILES string of the molecule is CCCN1CC[C@H](N)[C@H]1c1cncs1. The van der Waals surface area contributed by atoms with Crippen molar-refractivity contribution < 1.29 is 0 Å². The van der Waals surface area contributed by atoms with Crippen LogP contribution in [0.4, 0.5) is 0 Å². The molecule has 1 aliphatic rings. The number of hydrogen-bond acceptors (Lipinski definition) is 4. The number of hydrogen-bond donors (Lipinski definition) is 1. The van der Waals surface area contributed by atoms with E-state index in [9.17, 15) is 0 Å². The first-order valence-electron chi connectivity index (χ1n) is 5.21. The summed E-state index contributed by atoms with van der Waals surface area (Å²) in [7, 11) is 0. The van der Waals surface area contributed by atoms with Gasteiger partial charge in [-0.15, -0.1) is 11.3 Å². The van der Waals surface area contributed by atoms with E-state index in [0.717, 1.165) is 19.5 Å². The Labute approximate surface area is 88.9 Å². The molecule has 2 atom stereocenters. The topological polar surface area (TPSA) is 42.1 Å². The highest BCUT2D eigenvalue weighted by Gasteiger charge is 2.32. The second-order valence-electron chi connectivity index (χ2n) is 3.84. The van der Waals surface area contributed by atoms with Crippen molar-refractivity contribution in [1.29, 1.82) is 0 Å². The standard InChI is InChI=1S/C10H17N3S/c1-2-4-13-5-3-8(11)10(13)9-6-12-7-14-9/h6-8,10H,2-5,11H2,1H3/t8-,10-/m0/s1. The lowest BCUT2D eigenvalue weighted by Crippen LogP contribution is -2.31. The Hall–Kier alpha value is -0.450. The lowest BCUT2D eigenvalue weighted by Gasteiger charge is -2.24. The zero-order chi connectivity index (χ0) is 9.97. The van der Waals surface area contributed by atoms with Crippen LogP contribution < -0.4 is 5.73 Å². The first-order valence-corrected chi connectivity index (χ1v) is 6.09. The van der Waals surface area contributed by atoms with Gasteiger partial charge in [0.1, 0.15) is 0 Å². The lowest BCUT2D eigenvalue weighted by molar-refractivity contribution is 0.251. The van der Waals surface area contributed by atoms with Crippen molar-refractivity contribution in [2.45, 2.75) is 31.8 Å². The molecule has 0 amide bonds. The molecule has 78 valence electrons. The highest BCUT2D eigenvalue weighted by molar-refractivity contribution is 7.09. The van der Waals surface area contributed by atoms with E-state index in [0.29, 0.717) is 12.1 Å². The van der Waals surface area contributed by atoms with Crippen molar-refractivity contribution in [3.63, 3.8) is 0 Å². The van der Waals surface area contributed by atoms with Gasteiger partial charge in [-0.05, 0) is 19.4 Å². The van der Waals surface area contributed by atoms with E-state index >= 15 is 0 Å². The van der Waals surface area contributed by atoms with Crippen LogP contribution in [0.2, 0.25) is 0 Å². The molecule has 1 saturated heterocycles. The third kappa shape index (κ3) is 1.82. The number of nitrogens with two attached hydrogens (primary N) is 1. The smallest absolute Gasteiger partial charge is 0.0794 e. The summed E-state index contributed by atoms with van der Waals surface area (Å²) in [6.45, 7) is 4.50. The first kappa shape index (κ1) is 10.1. The molecule has 1 fully saturated rings. The Morgan fingerprint density at radius 3 is 3.21 bits per heavy atom. The van der Waals surface area contributed by atoms with E-state index in [4.69, 9.17) is 5.73 Å². The maximum atomic E-state index is 6.13. The Balaban J connectivity index is 2.13. The van der Waals surface area contributed by atoms with Crippen LogP contribution >= 0.6 is 11.3 Å². The fourth-order valence-corrected chi connectivity index (χ4v) is 3.01. The predicted molar refractivity (Wildman–Crippen MR) is 59.3 cm³/mol. The van der Waals surface area contributed by atoms with E-state index in [1.165, 1.54) is 11.3 Å². The molecule has 0 spiro atoms. The lowest BCUT2D eigenvalue weighted by atomic mass is 10.1. The Morgan fingerprint density at radius 2 is 2.57 bits per heavy atom. The Bertz CT molecular complexity index is 271. The van der Waals surface area contributed by atoms with Crippen LogP contribution in [0.3, 0.4) is 0 Å². The molecule has 0 aliphatic carbocycles. The highest BCUT2D eigenvalue weighted by atomic mass is 32.1. The maximum absolute atomic E-state index is 6.13. The van der Waals surface area contributed by atoms with Crippen LogP contribution in [0.15, 0.2) is 11.7 Å². The van der Waals surface area contributed by atoms with Crippen LogP contribution in [-0.4, -0.2) is 29.0 Å². The minimum Gasteiger partial charge on any atom is -0.326 e. The van der Waals surface area contributed by atoms with Crippen LogP contribution in [0, 0.1) is 0 Å². The number of thiazole rings is 1. The molecule has 2 rings (SSSR count). The quantitative estimate of drug-likeness (QED) is 0.826. The second-order valence-corrected chi connectivity index (χ2v) is 4.76. The van der Waals surface area contributed by atoms with E-state index < -0.39 is 0 Å². The van der Waals surface area contributed by atoms with E-state index in [1.54, 1.807) is 11.3 Å². The number of rotatable bonds is 3. The number of nitrogens with zero attached hydrogens (tertiary/aromatic N) is 2. The molecule has 0 radical (unpaired) electrons. The van der Waals surface area contributed by atoms with Crippen molar-refractivity contribution >= 4 is 11.3 Å². The van der Waals surface area contributed by atoms with Gasteiger partial charge in [-0.1, -0.05) is 6.92 Å². The molecular weight excluding hydrogens is 194 g/mol. The van der Waals surface area contributed by atoms with Gasteiger partial charge >= 0.3 is 0 Å². The van der Waals surface area contributed by atoms with E-state index in [2.05, 4.69) is 16.8 Å². The maximum Gasteiger partial charge on any atom is 0.0794 e. The van der Waals surface area contributed by atoms with Gasteiger partial charge in [-0.3, -0.25) is 9.88 Å². The normalized spacial score (nSPS) is 28.4. The van der Waals surface area contributed by atoms with E-state index in [1.807, 2.05) is 11.7 Å². The summed E-state index contributed by atoms with van der Waals surface area (Å²) in [5.74, 6) is 0. The first-order chi connectivity index (χ1) is 6.83. The molecule has 3 nitrogen and oxygen atoms in total. The van der Waals surface area contributed by atoms with Gasteiger partial charge in [-0.25, -0.2) is 0 Å². The molecular formula is C10H17N3S. The summed E-state index contributed by atoms with van der Waals surface area (Å²) < 4.78 is 0. The third-order valence-corrected chi connectivity index (χ3v) is 3.65. The summed E-state index contributed by atoms with van der Waals surface area (Å²) in [6, 6.07) is 0.712. The molecule has 2 N–H and O–H groups in total. The molecule has 4 heteroatoms. The summed E-state index contributed by atoms with van der Waals surface area (Å²) in [5, 5.41) is 0. The van der Waals surface area contributed by atoms with Gasteiger partial charge in [0, 0.05) is 23.7 Å². The Kier molecular flexibility index (Phi) is 3.15. The van der Waals surface area contributed by atoms with Gasteiger partial charge in [0.05, 0.1) is 11.6 Å². The number of likely N-dealkylation sites (tertiary alicyclic amines) is 1. The molecule has 1 aliphatic heterocycles. The third-order valence-electron chi connectivity index (χ3n) is 2.80. The van der Waals surface area contributed by atoms with Crippen LogP contribution in [0.25, 0.3) is 0 Å². The monoisotopic (exact) mass is 211 g/mol. The van der Waals surface area contributed by atoms with Crippen LogP contribution in [0.1, 0.15) is 30.7 Å². The fraction of sp³-hybridized carbons (Fsp3) is 0.700. The van der Waals surface area contributed by atoms with Gasteiger partial charge < -0.3 is 5.73 Å². The van der Waals surface area contributed by atoms with Crippen molar-refractivity contribution in [1.82, 2.24) is 9.88 Å². The largest absolute Gasteiger partial charge is 0.326 e. The van der Waals surface area contributed by atoms with E-state index in [-0.39, 0.29) is 0 Å². The van der Waals surface area contributed by atoms with Crippen LogP contribution in [0.5, 0.6) is 0 Å². The predicted octanol–water partition coefficient (Wildman–Crippen LogP) is 1.63. The fourth-order valence-electron chi connectivity index (χ4n) is 2.18.